The molecule has 5 rings (SSSR count). The van der Waals surface area contributed by atoms with Gasteiger partial charge < -0.3 is 30.2 Å². The summed E-state index contributed by atoms with van der Waals surface area (Å²) in [6.45, 7) is 5.69. The van der Waals surface area contributed by atoms with Crippen LogP contribution in [0, 0.1) is 6.92 Å². The molecule has 0 spiro atoms. The Morgan fingerprint density at radius 1 is 1.10 bits per heavy atom. The van der Waals surface area contributed by atoms with Crippen molar-refractivity contribution in [3.05, 3.63) is 47.3 Å². The third kappa shape index (κ3) is 5.93. The van der Waals surface area contributed by atoms with Crippen LogP contribution in [0.5, 0.6) is 11.5 Å². The van der Waals surface area contributed by atoms with E-state index in [4.69, 9.17) is 19.9 Å². The second kappa shape index (κ2) is 10.7. The van der Waals surface area contributed by atoms with Crippen LogP contribution in [0.4, 0.5) is 29.5 Å². The normalized spacial score (nSPS) is 16.7. The van der Waals surface area contributed by atoms with E-state index in [9.17, 15) is 18.0 Å². The molecular formula is C26H29F3N6O4. The van der Waals surface area contributed by atoms with E-state index in [-0.39, 0.29) is 18.0 Å². The minimum absolute atomic E-state index is 0.00568. The number of nitrogen functional groups attached to an aromatic ring is 1. The number of carbonyl (C=O) groups is 1. The van der Waals surface area contributed by atoms with Gasteiger partial charge in [0, 0.05) is 49.9 Å². The average Bonchev–Trinajstić information content (AvgIpc) is 2.85. The molecule has 3 aromatic rings. The van der Waals surface area contributed by atoms with Crippen LogP contribution in [0.2, 0.25) is 0 Å². The van der Waals surface area contributed by atoms with Crippen molar-refractivity contribution in [2.45, 2.75) is 25.7 Å². The number of halogens is 3. The second-order valence-corrected chi connectivity index (χ2v) is 9.54. The Hall–Kier alpha value is -3.84. The van der Waals surface area contributed by atoms with Gasteiger partial charge in [-0.25, -0.2) is 14.8 Å². The maximum Gasteiger partial charge on any atom is 0.416 e. The van der Waals surface area contributed by atoms with Crippen molar-refractivity contribution < 1.29 is 32.2 Å². The minimum atomic E-state index is -4.52. The van der Waals surface area contributed by atoms with Gasteiger partial charge in [0.1, 0.15) is 11.6 Å². The first-order valence-corrected chi connectivity index (χ1v) is 12.5. The lowest BCUT2D eigenvalue weighted by Crippen LogP contribution is -2.57. The van der Waals surface area contributed by atoms with Gasteiger partial charge in [0.25, 0.3) is 0 Å². The number of fused-ring (bicyclic) bond motifs is 1. The molecule has 0 atom stereocenters. The largest absolute Gasteiger partial charge is 0.493 e. The average molecular weight is 547 g/mol. The number of aryl methyl sites for hydroxylation is 1. The summed E-state index contributed by atoms with van der Waals surface area (Å²) >= 11 is 0. The first-order chi connectivity index (χ1) is 18.6. The number of aromatic nitrogens is 2. The SMILES string of the molecule is COc1cc2nc(C)nc(NCc3cc(N)cc(C(F)(F)F)c3)c2cc1OC(=O)N1CCN(C2COC2)CC1. The van der Waals surface area contributed by atoms with Gasteiger partial charge in [-0.1, -0.05) is 0 Å². The van der Waals surface area contributed by atoms with Crippen molar-refractivity contribution in [1.29, 1.82) is 0 Å². The van der Waals surface area contributed by atoms with Crippen molar-refractivity contribution in [3.63, 3.8) is 0 Å². The van der Waals surface area contributed by atoms with Crippen LogP contribution >= 0.6 is 0 Å². The van der Waals surface area contributed by atoms with Gasteiger partial charge in [0.2, 0.25) is 0 Å². The molecule has 2 aromatic carbocycles. The van der Waals surface area contributed by atoms with Crippen molar-refractivity contribution in [2.75, 3.05) is 57.6 Å². The van der Waals surface area contributed by atoms with E-state index in [1.807, 2.05) is 0 Å². The molecule has 2 aliphatic rings. The standard InChI is InChI=1S/C26H29F3N6O4/c1-15-32-21-11-22(37-2)23(39-25(36)35-5-3-34(4-6-35)19-13-38-14-19)10-20(21)24(33-15)31-12-16-7-17(26(27,28)29)9-18(30)8-16/h7-11,19H,3-6,12-14,30H2,1-2H3,(H,31,32,33). The number of hydrogen-bond donors (Lipinski definition) is 2. The molecule has 13 heteroatoms. The number of carbonyl (C=O) groups excluding carboxylic acids is 1. The van der Waals surface area contributed by atoms with Crippen LogP contribution in [-0.4, -0.2) is 78.4 Å². The summed E-state index contributed by atoms with van der Waals surface area (Å²) in [6.07, 6.45) is -5.02. The highest BCUT2D eigenvalue weighted by Gasteiger charge is 2.32. The second-order valence-electron chi connectivity index (χ2n) is 9.54. The van der Waals surface area contributed by atoms with Gasteiger partial charge in [-0.3, -0.25) is 4.90 Å². The molecule has 1 amide bonds. The lowest BCUT2D eigenvalue weighted by Gasteiger charge is -2.42. The fourth-order valence-corrected chi connectivity index (χ4v) is 4.66. The summed E-state index contributed by atoms with van der Waals surface area (Å²) in [7, 11) is 1.46. The van der Waals surface area contributed by atoms with Gasteiger partial charge in [-0.05, 0) is 36.8 Å². The van der Waals surface area contributed by atoms with Crippen LogP contribution in [0.1, 0.15) is 17.0 Å². The van der Waals surface area contributed by atoms with Crippen molar-refractivity contribution >= 4 is 28.5 Å². The Balaban J connectivity index is 1.36. The number of nitrogens with one attached hydrogen (secondary N) is 1. The molecule has 0 bridgehead atoms. The molecule has 0 aliphatic carbocycles. The highest BCUT2D eigenvalue weighted by Crippen LogP contribution is 2.35. The number of nitrogens with two attached hydrogens (primary N) is 1. The summed E-state index contributed by atoms with van der Waals surface area (Å²) in [5, 5.41) is 3.59. The molecule has 0 saturated carbocycles. The van der Waals surface area contributed by atoms with Crippen LogP contribution in [-0.2, 0) is 17.5 Å². The first kappa shape index (κ1) is 26.8. The Morgan fingerprint density at radius 2 is 1.85 bits per heavy atom. The van der Waals surface area contributed by atoms with Gasteiger partial charge in [-0.2, -0.15) is 13.2 Å². The first-order valence-electron chi connectivity index (χ1n) is 12.5. The number of benzene rings is 2. The van der Waals surface area contributed by atoms with E-state index < -0.39 is 17.8 Å². The van der Waals surface area contributed by atoms with Gasteiger partial charge >= 0.3 is 12.3 Å². The number of hydrogen-bond acceptors (Lipinski definition) is 9. The molecule has 2 aliphatic heterocycles. The Kier molecular flexibility index (Phi) is 7.36. The van der Waals surface area contributed by atoms with E-state index in [2.05, 4.69) is 20.2 Å². The molecular weight excluding hydrogens is 517 g/mol. The molecule has 0 radical (unpaired) electrons. The number of rotatable bonds is 6. The topological polar surface area (TPSA) is 115 Å². The number of ether oxygens (including phenoxy) is 3. The highest BCUT2D eigenvalue weighted by molar-refractivity contribution is 5.92. The summed E-state index contributed by atoms with van der Waals surface area (Å²) in [4.78, 5) is 25.8. The number of piperazine rings is 1. The molecule has 3 heterocycles. The maximum absolute atomic E-state index is 13.2. The fourth-order valence-electron chi connectivity index (χ4n) is 4.66. The van der Waals surface area contributed by atoms with E-state index in [1.54, 1.807) is 24.0 Å². The van der Waals surface area contributed by atoms with Crippen LogP contribution in [0.3, 0.4) is 0 Å². The van der Waals surface area contributed by atoms with Crippen LogP contribution < -0.4 is 20.5 Å². The molecule has 208 valence electrons. The van der Waals surface area contributed by atoms with Crippen LogP contribution in [0.15, 0.2) is 30.3 Å². The molecule has 1 aromatic heterocycles. The fraction of sp³-hybridized carbons (Fsp3) is 0.423. The number of amides is 1. The molecule has 2 saturated heterocycles. The van der Waals surface area contributed by atoms with Crippen molar-refractivity contribution in [1.82, 2.24) is 19.8 Å². The lowest BCUT2D eigenvalue weighted by molar-refractivity contribution is -0.137. The Morgan fingerprint density at radius 3 is 2.49 bits per heavy atom. The summed E-state index contributed by atoms with van der Waals surface area (Å²) in [6, 6.07) is 7.03. The third-order valence-electron chi connectivity index (χ3n) is 6.80. The summed E-state index contributed by atoms with van der Waals surface area (Å²) in [5.41, 5.74) is 5.73. The monoisotopic (exact) mass is 546 g/mol. The molecule has 10 nitrogen and oxygen atoms in total. The zero-order chi connectivity index (χ0) is 27.7. The maximum atomic E-state index is 13.2. The summed E-state index contributed by atoms with van der Waals surface area (Å²) < 4.78 is 56.2. The van der Waals surface area contributed by atoms with Gasteiger partial charge in [0.05, 0.1) is 37.4 Å². The molecule has 0 unspecified atom stereocenters. The van der Waals surface area contributed by atoms with Gasteiger partial charge in [-0.15, -0.1) is 0 Å². The highest BCUT2D eigenvalue weighted by atomic mass is 19.4. The van der Waals surface area contributed by atoms with E-state index in [0.717, 1.165) is 38.4 Å². The number of alkyl halides is 3. The lowest BCUT2D eigenvalue weighted by atomic mass is 10.1. The zero-order valence-corrected chi connectivity index (χ0v) is 21.5. The number of anilines is 2. The van der Waals surface area contributed by atoms with Crippen LogP contribution in [0.25, 0.3) is 10.9 Å². The molecule has 2 fully saturated rings. The molecule has 3 N–H and O–H groups in total. The van der Waals surface area contributed by atoms with E-state index in [0.29, 0.717) is 53.0 Å². The quantitative estimate of drug-likeness (QED) is 0.447. The van der Waals surface area contributed by atoms with E-state index >= 15 is 0 Å². The number of methoxy groups -OCH3 is 1. The predicted octanol–water partition coefficient (Wildman–Crippen LogP) is 3.68. The third-order valence-corrected chi connectivity index (χ3v) is 6.80. The summed E-state index contributed by atoms with van der Waals surface area (Å²) in [5.74, 6) is 1.30. The Labute approximate surface area is 222 Å². The number of nitrogens with zero attached hydrogens (tertiary/aromatic N) is 4. The predicted molar refractivity (Wildman–Crippen MR) is 138 cm³/mol. The van der Waals surface area contributed by atoms with Crippen molar-refractivity contribution in [2.24, 2.45) is 0 Å². The van der Waals surface area contributed by atoms with E-state index in [1.165, 1.54) is 13.2 Å². The van der Waals surface area contributed by atoms with Crippen molar-refractivity contribution in [3.8, 4) is 11.5 Å². The Bertz CT molecular complexity index is 1370. The van der Waals surface area contributed by atoms with Gasteiger partial charge in [0.15, 0.2) is 11.5 Å². The smallest absolute Gasteiger partial charge is 0.416 e. The molecule has 39 heavy (non-hydrogen) atoms. The minimum Gasteiger partial charge on any atom is -0.493 e. The zero-order valence-electron chi connectivity index (χ0n) is 21.5.